The van der Waals surface area contributed by atoms with E-state index in [9.17, 15) is 19.5 Å². The van der Waals surface area contributed by atoms with Crippen molar-refractivity contribution >= 4 is 30.2 Å². The van der Waals surface area contributed by atoms with Gasteiger partial charge in [-0.15, -0.1) is 12.4 Å². The van der Waals surface area contributed by atoms with E-state index < -0.39 is 35.9 Å². The summed E-state index contributed by atoms with van der Waals surface area (Å²) >= 11 is 0. The lowest BCUT2D eigenvalue weighted by Crippen LogP contribution is -2.54. The fourth-order valence-corrected chi connectivity index (χ4v) is 2.70. The molecule has 172 valence electrons. The van der Waals surface area contributed by atoms with Gasteiger partial charge in [0, 0.05) is 0 Å². The van der Waals surface area contributed by atoms with Crippen LogP contribution in [-0.2, 0) is 14.4 Å². The first-order valence-corrected chi connectivity index (χ1v) is 10.1. The van der Waals surface area contributed by atoms with Gasteiger partial charge in [-0.25, -0.2) is 4.79 Å². The highest BCUT2D eigenvalue weighted by molar-refractivity contribution is 5.91. The lowest BCUT2D eigenvalue weighted by Gasteiger charge is -2.23. The third kappa shape index (κ3) is 14.2. The molecule has 0 aromatic rings. The number of amides is 2. The van der Waals surface area contributed by atoms with Gasteiger partial charge in [0.1, 0.15) is 12.1 Å². The zero-order chi connectivity index (χ0) is 21.4. The molecule has 0 rings (SSSR count). The Balaban J connectivity index is 0. The lowest BCUT2D eigenvalue weighted by atomic mass is 10.0. The maximum absolute atomic E-state index is 12.6. The van der Waals surface area contributed by atoms with Crippen molar-refractivity contribution in [1.82, 2.24) is 10.6 Å². The molecule has 0 radical (unpaired) electrons. The van der Waals surface area contributed by atoms with Crippen LogP contribution < -0.4 is 33.6 Å². The highest BCUT2D eigenvalue weighted by atomic mass is 35.5. The quantitative estimate of drug-likeness (QED) is 0.143. The molecule has 11 heteroatoms. The minimum Gasteiger partial charge on any atom is -0.480 e. The van der Waals surface area contributed by atoms with Gasteiger partial charge in [0.2, 0.25) is 11.8 Å². The molecule has 0 aromatic heterocycles. The Hall–Kier alpha value is -1.46. The third-order valence-electron chi connectivity index (χ3n) is 4.45. The zero-order valence-corrected chi connectivity index (χ0v) is 17.9. The Bertz CT molecular complexity index is 470. The molecule has 11 N–H and O–H groups in total. The van der Waals surface area contributed by atoms with Crippen molar-refractivity contribution in [2.24, 2.45) is 22.9 Å². The Labute approximate surface area is 179 Å². The summed E-state index contributed by atoms with van der Waals surface area (Å²) in [5, 5.41) is 14.5. The van der Waals surface area contributed by atoms with Crippen molar-refractivity contribution in [2.75, 3.05) is 19.6 Å². The number of nitrogens with one attached hydrogen (secondary N) is 2. The van der Waals surface area contributed by atoms with Crippen molar-refractivity contribution in [3.63, 3.8) is 0 Å². The summed E-state index contributed by atoms with van der Waals surface area (Å²) in [6, 6.07) is -2.61. The van der Waals surface area contributed by atoms with Crippen molar-refractivity contribution in [1.29, 1.82) is 0 Å². The molecule has 0 saturated heterocycles. The second-order valence-electron chi connectivity index (χ2n) is 6.92. The second kappa shape index (κ2) is 18.6. The molecule has 0 heterocycles. The molecule has 3 atom stereocenters. The minimum absolute atomic E-state index is 0. The van der Waals surface area contributed by atoms with Crippen molar-refractivity contribution in [2.45, 2.75) is 75.9 Å². The van der Waals surface area contributed by atoms with E-state index in [4.69, 9.17) is 22.9 Å². The molecule has 2 amide bonds. The van der Waals surface area contributed by atoms with Crippen LogP contribution in [-0.4, -0.2) is 60.6 Å². The van der Waals surface area contributed by atoms with Gasteiger partial charge in [-0.2, -0.15) is 0 Å². The summed E-state index contributed by atoms with van der Waals surface area (Å²) < 4.78 is 0. The minimum atomic E-state index is -1.11. The van der Waals surface area contributed by atoms with Crippen LogP contribution in [0.1, 0.15) is 57.8 Å². The number of halogens is 1. The number of hydrogen-bond donors (Lipinski definition) is 7. The van der Waals surface area contributed by atoms with E-state index in [-0.39, 0.29) is 18.8 Å². The average molecular weight is 439 g/mol. The standard InChI is InChI=1S/C18H38N6O4.ClH/c19-10-4-1-7-13(22)16(25)23-14(8-2-5-11-20)17(26)24-15(18(27)28)9-3-6-12-21;/h13-15H,1-12,19-22H2,(H,23,25)(H,24,26)(H,27,28);1H/t13-,14-,15-;/m0./s1. The van der Waals surface area contributed by atoms with E-state index in [1.165, 1.54) is 0 Å². The number of rotatable bonds is 17. The van der Waals surface area contributed by atoms with Gasteiger partial charge >= 0.3 is 5.97 Å². The molecule has 0 aliphatic carbocycles. The Morgan fingerprint density at radius 1 is 0.690 bits per heavy atom. The first-order chi connectivity index (χ1) is 13.4. The van der Waals surface area contributed by atoms with E-state index in [1.54, 1.807) is 0 Å². The lowest BCUT2D eigenvalue weighted by molar-refractivity contribution is -0.142. The van der Waals surface area contributed by atoms with Gasteiger partial charge in [0.15, 0.2) is 0 Å². The Kier molecular flexibility index (Phi) is 19.0. The van der Waals surface area contributed by atoms with Gasteiger partial charge in [0.05, 0.1) is 6.04 Å². The van der Waals surface area contributed by atoms with Crippen LogP contribution in [0.3, 0.4) is 0 Å². The molecule has 0 unspecified atom stereocenters. The predicted molar refractivity (Wildman–Crippen MR) is 115 cm³/mol. The molecular weight excluding hydrogens is 400 g/mol. The highest BCUT2D eigenvalue weighted by Gasteiger charge is 2.27. The smallest absolute Gasteiger partial charge is 0.326 e. The Morgan fingerprint density at radius 3 is 1.55 bits per heavy atom. The number of aliphatic carboxylic acids is 1. The molecule has 0 aromatic carbocycles. The molecule has 0 saturated carbocycles. The van der Waals surface area contributed by atoms with E-state index in [2.05, 4.69) is 10.6 Å². The summed E-state index contributed by atoms with van der Waals surface area (Å²) in [6.45, 7) is 1.46. The monoisotopic (exact) mass is 438 g/mol. The highest BCUT2D eigenvalue weighted by Crippen LogP contribution is 2.06. The molecule has 29 heavy (non-hydrogen) atoms. The second-order valence-corrected chi connectivity index (χ2v) is 6.92. The topological polar surface area (TPSA) is 200 Å². The summed E-state index contributed by atoms with van der Waals surface area (Å²) in [5.74, 6) is -2.07. The van der Waals surface area contributed by atoms with Crippen molar-refractivity contribution in [3.05, 3.63) is 0 Å². The molecule has 0 fully saturated rings. The van der Waals surface area contributed by atoms with Gasteiger partial charge in [-0.05, 0) is 71.0 Å². The molecule has 0 spiro atoms. The van der Waals surface area contributed by atoms with Gasteiger partial charge in [-0.1, -0.05) is 6.42 Å². The number of carbonyl (C=O) groups is 3. The first kappa shape index (κ1) is 29.7. The molecule has 0 bridgehead atoms. The molecular formula is C18H39ClN6O4. The predicted octanol–water partition coefficient (Wildman–Crippen LogP) is -0.823. The SMILES string of the molecule is Cl.NCCCC[C@H](NC(=O)[C@H](CCCCN)NC(=O)[C@@H](N)CCCCN)C(=O)O. The molecule has 0 aliphatic heterocycles. The number of nitrogens with two attached hydrogens (primary N) is 4. The van der Waals surface area contributed by atoms with Gasteiger partial charge < -0.3 is 38.7 Å². The van der Waals surface area contributed by atoms with Crippen molar-refractivity contribution in [3.8, 4) is 0 Å². The molecule has 0 aliphatic rings. The van der Waals surface area contributed by atoms with Crippen molar-refractivity contribution < 1.29 is 19.5 Å². The van der Waals surface area contributed by atoms with E-state index in [0.717, 1.165) is 12.8 Å². The van der Waals surface area contributed by atoms with E-state index in [0.29, 0.717) is 58.2 Å². The van der Waals surface area contributed by atoms with Crippen LogP contribution >= 0.6 is 12.4 Å². The fraction of sp³-hybridized carbons (Fsp3) is 0.833. The van der Waals surface area contributed by atoms with Crippen LogP contribution in [0, 0.1) is 0 Å². The van der Waals surface area contributed by atoms with Crippen LogP contribution in [0.15, 0.2) is 0 Å². The van der Waals surface area contributed by atoms with Crippen LogP contribution in [0.5, 0.6) is 0 Å². The maximum atomic E-state index is 12.6. The summed E-state index contributed by atoms with van der Waals surface area (Å²) in [4.78, 5) is 36.3. The first-order valence-electron chi connectivity index (χ1n) is 10.1. The summed E-state index contributed by atoms with van der Waals surface area (Å²) in [7, 11) is 0. The zero-order valence-electron chi connectivity index (χ0n) is 17.1. The Morgan fingerprint density at radius 2 is 1.10 bits per heavy atom. The van der Waals surface area contributed by atoms with Crippen LogP contribution in [0.2, 0.25) is 0 Å². The number of unbranched alkanes of at least 4 members (excludes halogenated alkanes) is 3. The fourth-order valence-electron chi connectivity index (χ4n) is 2.70. The van der Waals surface area contributed by atoms with E-state index in [1.807, 2.05) is 0 Å². The average Bonchev–Trinajstić information content (AvgIpc) is 2.66. The number of carbonyl (C=O) groups excluding carboxylic acids is 2. The van der Waals surface area contributed by atoms with Crippen LogP contribution in [0.4, 0.5) is 0 Å². The van der Waals surface area contributed by atoms with Crippen LogP contribution in [0.25, 0.3) is 0 Å². The maximum Gasteiger partial charge on any atom is 0.326 e. The summed E-state index contributed by atoms with van der Waals surface area (Å²) in [5.41, 5.74) is 22.2. The molecule has 10 nitrogen and oxygen atoms in total. The largest absolute Gasteiger partial charge is 0.480 e. The third-order valence-corrected chi connectivity index (χ3v) is 4.45. The van der Waals surface area contributed by atoms with E-state index >= 15 is 0 Å². The number of carboxylic acid groups (broad SMARTS) is 1. The normalized spacial score (nSPS) is 13.7. The number of hydrogen-bond acceptors (Lipinski definition) is 7. The van der Waals surface area contributed by atoms with Gasteiger partial charge in [0.25, 0.3) is 0 Å². The number of carboxylic acids is 1. The summed E-state index contributed by atoms with van der Waals surface area (Å²) in [6.07, 6.45) is 5.18. The van der Waals surface area contributed by atoms with Gasteiger partial charge in [-0.3, -0.25) is 9.59 Å².